The predicted molar refractivity (Wildman–Crippen MR) is 90.7 cm³/mol. The van der Waals surface area contributed by atoms with Crippen molar-refractivity contribution in [3.05, 3.63) is 29.8 Å². The molecule has 0 spiro atoms. The molecule has 1 aliphatic heterocycles. The van der Waals surface area contributed by atoms with Crippen LogP contribution in [0.25, 0.3) is 0 Å². The number of rotatable bonds is 5. The van der Waals surface area contributed by atoms with Crippen LogP contribution in [0.1, 0.15) is 36.5 Å². The van der Waals surface area contributed by atoms with Gasteiger partial charge in [0.1, 0.15) is 0 Å². The molecule has 1 aromatic carbocycles. The van der Waals surface area contributed by atoms with Crippen LogP contribution in [0.2, 0.25) is 0 Å². The number of anilines is 1. The maximum absolute atomic E-state index is 12.1. The van der Waals surface area contributed by atoms with E-state index < -0.39 is 0 Å². The maximum atomic E-state index is 12.1. The van der Waals surface area contributed by atoms with Crippen molar-refractivity contribution in [2.45, 2.75) is 32.2 Å². The Bertz CT molecular complexity index is 558. The van der Waals surface area contributed by atoms with E-state index in [1.807, 2.05) is 0 Å². The SMILES string of the molecule is CC(=O)c1ccc(NC(=O)CN2CCN(C3CCC3)CC2)cc1. The Morgan fingerprint density at radius 3 is 2.26 bits per heavy atom. The summed E-state index contributed by atoms with van der Waals surface area (Å²) in [6.45, 7) is 6.06. The first-order valence-corrected chi connectivity index (χ1v) is 8.49. The highest BCUT2D eigenvalue weighted by molar-refractivity contribution is 5.96. The molecule has 0 bridgehead atoms. The van der Waals surface area contributed by atoms with Crippen LogP contribution < -0.4 is 5.32 Å². The molecule has 1 heterocycles. The number of benzene rings is 1. The van der Waals surface area contributed by atoms with Crippen LogP contribution >= 0.6 is 0 Å². The third-order valence-corrected chi connectivity index (χ3v) is 4.94. The molecule has 0 radical (unpaired) electrons. The fourth-order valence-corrected chi connectivity index (χ4v) is 3.23. The van der Waals surface area contributed by atoms with Gasteiger partial charge in [0.2, 0.25) is 5.91 Å². The van der Waals surface area contributed by atoms with Gasteiger partial charge in [-0.2, -0.15) is 0 Å². The molecule has 0 atom stereocenters. The second-order valence-electron chi connectivity index (χ2n) is 6.58. The lowest BCUT2D eigenvalue weighted by atomic mass is 9.91. The molecule has 1 saturated heterocycles. The Hall–Kier alpha value is -1.72. The topological polar surface area (TPSA) is 52.7 Å². The molecule has 1 aromatic rings. The van der Waals surface area contributed by atoms with Gasteiger partial charge in [0.25, 0.3) is 0 Å². The first-order chi connectivity index (χ1) is 11.1. The van der Waals surface area contributed by atoms with Crippen LogP contribution in [0.3, 0.4) is 0 Å². The van der Waals surface area contributed by atoms with Gasteiger partial charge >= 0.3 is 0 Å². The zero-order valence-electron chi connectivity index (χ0n) is 13.8. The van der Waals surface area contributed by atoms with E-state index in [4.69, 9.17) is 0 Å². The number of hydrogen-bond acceptors (Lipinski definition) is 4. The maximum Gasteiger partial charge on any atom is 0.238 e. The summed E-state index contributed by atoms with van der Waals surface area (Å²) in [4.78, 5) is 28.2. The fraction of sp³-hybridized carbons (Fsp3) is 0.556. The Labute approximate surface area is 137 Å². The zero-order valence-corrected chi connectivity index (χ0v) is 13.8. The van der Waals surface area contributed by atoms with E-state index in [9.17, 15) is 9.59 Å². The van der Waals surface area contributed by atoms with Gasteiger partial charge in [0.15, 0.2) is 5.78 Å². The van der Waals surface area contributed by atoms with E-state index in [1.54, 1.807) is 24.3 Å². The third kappa shape index (κ3) is 4.18. The quantitative estimate of drug-likeness (QED) is 0.845. The average Bonchev–Trinajstić information content (AvgIpc) is 2.48. The number of carbonyl (C=O) groups is 2. The van der Waals surface area contributed by atoms with E-state index in [0.717, 1.165) is 37.9 Å². The number of nitrogens with zero attached hydrogens (tertiary/aromatic N) is 2. The molecule has 2 fully saturated rings. The minimum atomic E-state index is 0.0117. The second kappa shape index (κ2) is 7.23. The second-order valence-corrected chi connectivity index (χ2v) is 6.58. The Morgan fingerprint density at radius 1 is 1.09 bits per heavy atom. The molecule has 2 aliphatic rings. The number of Topliss-reactive ketones (excluding diaryl/α,β-unsaturated/α-hetero) is 1. The van der Waals surface area contributed by atoms with E-state index in [2.05, 4.69) is 15.1 Å². The van der Waals surface area contributed by atoms with Crippen molar-refractivity contribution in [1.82, 2.24) is 9.80 Å². The van der Waals surface area contributed by atoms with Crippen molar-refractivity contribution >= 4 is 17.4 Å². The summed E-state index contributed by atoms with van der Waals surface area (Å²) in [5.41, 5.74) is 1.41. The van der Waals surface area contributed by atoms with Crippen LogP contribution in [0.4, 0.5) is 5.69 Å². The normalized spacial score (nSPS) is 20.0. The number of ketones is 1. The minimum absolute atomic E-state index is 0.0117. The van der Waals surface area contributed by atoms with Crippen LogP contribution in [0.15, 0.2) is 24.3 Å². The zero-order chi connectivity index (χ0) is 16.2. The Kier molecular flexibility index (Phi) is 5.08. The molecule has 1 N–H and O–H groups in total. The van der Waals surface area contributed by atoms with Crippen LogP contribution in [-0.2, 0) is 4.79 Å². The van der Waals surface area contributed by atoms with Crippen LogP contribution in [0.5, 0.6) is 0 Å². The molecule has 5 nitrogen and oxygen atoms in total. The monoisotopic (exact) mass is 315 g/mol. The number of amides is 1. The lowest BCUT2D eigenvalue weighted by molar-refractivity contribution is -0.117. The largest absolute Gasteiger partial charge is 0.325 e. The molecule has 0 aromatic heterocycles. The lowest BCUT2D eigenvalue weighted by Crippen LogP contribution is -2.53. The van der Waals surface area contributed by atoms with Gasteiger partial charge in [0, 0.05) is 43.5 Å². The summed E-state index contributed by atoms with van der Waals surface area (Å²) >= 11 is 0. The van der Waals surface area contributed by atoms with E-state index in [0.29, 0.717) is 12.1 Å². The van der Waals surface area contributed by atoms with Gasteiger partial charge < -0.3 is 5.32 Å². The first-order valence-electron chi connectivity index (χ1n) is 8.49. The summed E-state index contributed by atoms with van der Waals surface area (Å²) in [5, 5.41) is 2.91. The Morgan fingerprint density at radius 2 is 1.74 bits per heavy atom. The van der Waals surface area contributed by atoms with Gasteiger partial charge in [-0.3, -0.25) is 19.4 Å². The van der Waals surface area contributed by atoms with Crippen LogP contribution in [0, 0.1) is 0 Å². The smallest absolute Gasteiger partial charge is 0.238 e. The lowest BCUT2D eigenvalue weighted by Gasteiger charge is -2.42. The summed E-state index contributed by atoms with van der Waals surface area (Å²) < 4.78 is 0. The minimum Gasteiger partial charge on any atom is -0.325 e. The van der Waals surface area contributed by atoms with E-state index >= 15 is 0 Å². The highest BCUT2D eigenvalue weighted by Crippen LogP contribution is 2.25. The average molecular weight is 315 g/mol. The fourth-order valence-electron chi connectivity index (χ4n) is 3.23. The van der Waals surface area contributed by atoms with Crippen molar-refractivity contribution in [3.8, 4) is 0 Å². The summed E-state index contributed by atoms with van der Waals surface area (Å²) in [6, 6.07) is 7.85. The summed E-state index contributed by atoms with van der Waals surface area (Å²) in [6.07, 6.45) is 4.06. The van der Waals surface area contributed by atoms with Crippen molar-refractivity contribution in [1.29, 1.82) is 0 Å². The van der Waals surface area contributed by atoms with Crippen molar-refractivity contribution in [2.24, 2.45) is 0 Å². The molecule has 1 amide bonds. The summed E-state index contributed by atoms with van der Waals surface area (Å²) in [5.74, 6) is 0.0462. The highest BCUT2D eigenvalue weighted by atomic mass is 16.2. The molecular weight excluding hydrogens is 290 g/mol. The van der Waals surface area contributed by atoms with Crippen molar-refractivity contribution in [3.63, 3.8) is 0 Å². The standard InChI is InChI=1S/C18H25N3O2/c1-14(22)15-5-7-16(8-6-15)19-18(23)13-20-9-11-21(12-10-20)17-3-2-4-17/h5-8,17H,2-4,9-13H2,1H3,(H,19,23). The van der Waals surface area contributed by atoms with Crippen LogP contribution in [-0.4, -0.2) is 60.3 Å². The van der Waals surface area contributed by atoms with E-state index in [1.165, 1.54) is 26.2 Å². The molecular formula is C18H25N3O2. The summed E-state index contributed by atoms with van der Waals surface area (Å²) in [7, 11) is 0. The van der Waals surface area contributed by atoms with Gasteiger partial charge in [0.05, 0.1) is 6.54 Å². The van der Waals surface area contributed by atoms with Gasteiger partial charge in [-0.15, -0.1) is 0 Å². The predicted octanol–water partition coefficient (Wildman–Crippen LogP) is 2.00. The molecule has 3 rings (SSSR count). The molecule has 23 heavy (non-hydrogen) atoms. The highest BCUT2D eigenvalue weighted by Gasteiger charge is 2.28. The molecule has 1 saturated carbocycles. The number of hydrogen-bond donors (Lipinski definition) is 1. The van der Waals surface area contributed by atoms with Gasteiger partial charge in [-0.25, -0.2) is 0 Å². The van der Waals surface area contributed by atoms with Crippen molar-refractivity contribution < 1.29 is 9.59 Å². The van der Waals surface area contributed by atoms with Gasteiger partial charge in [-0.1, -0.05) is 6.42 Å². The molecule has 1 aliphatic carbocycles. The number of nitrogens with one attached hydrogen (secondary N) is 1. The number of piperazine rings is 1. The first kappa shape index (κ1) is 16.1. The Balaban J connectivity index is 1.43. The van der Waals surface area contributed by atoms with E-state index in [-0.39, 0.29) is 11.7 Å². The third-order valence-electron chi connectivity index (χ3n) is 4.94. The molecule has 0 unspecified atom stereocenters. The number of carbonyl (C=O) groups excluding carboxylic acids is 2. The van der Waals surface area contributed by atoms with Crippen molar-refractivity contribution in [2.75, 3.05) is 38.0 Å². The molecule has 124 valence electrons. The van der Waals surface area contributed by atoms with Gasteiger partial charge in [-0.05, 0) is 44.0 Å². The molecule has 5 heteroatoms.